The smallest absolute Gasteiger partial charge is 0.259 e. The summed E-state index contributed by atoms with van der Waals surface area (Å²) in [5.41, 5.74) is 1.75. The normalized spacial score (nSPS) is 12.5. The highest BCUT2D eigenvalue weighted by Gasteiger charge is 2.21. The van der Waals surface area contributed by atoms with Crippen LogP contribution in [0.4, 0.5) is 5.69 Å². The molecule has 0 aliphatic heterocycles. The molecule has 0 fully saturated rings. The van der Waals surface area contributed by atoms with E-state index in [1.54, 1.807) is 23.5 Å². The number of hydrogen-bond donors (Lipinski definition) is 2. The van der Waals surface area contributed by atoms with Crippen LogP contribution in [0, 0.1) is 11.3 Å². The van der Waals surface area contributed by atoms with Gasteiger partial charge in [0.05, 0.1) is 29.6 Å². The summed E-state index contributed by atoms with van der Waals surface area (Å²) in [7, 11) is 0. The largest absolute Gasteiger partial charge is 0.493 e. The average molecular weight is 455 g/mol. The average Bonchev–Trinajstić information content (AvgIpc) is 3.32. The van der Waals surface area contributed by atoms with E-state index in [9.17, 15) is 9.59 Å². The van der Waals surface area contributed by atoms with E-state index in [2.05, 4.69) is 21.4 Å². The molecule has 4 rings (SSSR count). The lowest BCUT2D eigenvalue weighted by atomic mass is 10.2. The van der Waals surface area contributed by atoms with Gasteiger partial charge in [-0.1, -0.05) is 6.07 Å². The number of hydrogen-bond acceptors (Lipinski definition) is 7. The fraction of sp³-hybridized carbons (Fsp3) is 0.364. The number of carbonyl (C=O) groups is 1. The van der Waals surface area contributed by atoms with Crippen LogP contribution in [-0.4, -0.2) is 28.2 Å². The second-order valence-electron chi connectivity index (χ2n) is 7.23. The number of rotatable bonds is 9. The van der Waals surface area contributed by atoms with Crippen molar-refractivity contribution in [3.8, 4) is 11.8 Å². The first-order chi connectivity index (χ1) is 15.1. The van der Waals surface area contributed by atoms with Crippen molar-refractivity contribution in [3.63, 3.8) is 0 Å². The maximum Gasteiger partial charge on any atom is 0.259 e. The topological polar surface area (TPSA) is 108 Å². The molecule has 1 amide bonds. The number of benzene rings is 1. The lowest BCUT2D eigenvalue weighted by Crippen LogP contribution is -2.15. The Morgan fingerprint density at radius 1 is 1.39 bits per heavy atom. The van der Waals surface area contributed by atoms with E-state index in [0.717, 1.165) is 29.5 Å². The highest BCUT2D eigenvalue weighted by atomic mass is 32.2. The number of unbranched alkanes of at least 4 members (excludes halogenated alkanes) is 1. The van der Waals surface area contributed by atoms with Gasteiger partial charge in [-0.3, -0.25) is 9.59 Å². The zero-order chi connectivity index (χ0) is 21.6. The molecule has 2 heterocycles. The van der Waals surface area contributed by atoms with Gasteiger partial charge in [-0.25, -0.2) is 4.98 Å². The van der Waals surface area contributed by atoms with Crippen molar-refractivity contribution in [2.75, 3.05) is 17.7 Å². The Kier molecular flexibility index (Phi) is 6.89. The van der Waals surface area contributed by atoms with Gasteiger partial charge in [0, 0.05) is 23.1 Å². The SMILES string of the molecule is N#CCCCOc1cccc(NC(=O)CSCc2nc3sc4c(c3c(=O)[nH]2)CCC4)c1. The van der Waals surface area contributed by atoms with Gasteiger partial charge in [-0.15, -0.1) is 23.1 Å². The number of aryl methyl sites for hydroxylation is 2. The van der Waals surface area contributed by atoms with E-state index in [1.165, 1.54) is 22.2 Å². The van der Waals surface area contributed by atoms with Crippen molar-refractivity contribution >= 4 is 44.9 Å². The third kappa shape index (κ3) is 5.27. The number of amides is 1. The minimum Gasteiger partial charge on any atom is -0.493 e. The molecule has 3 aromatic rings. The summed E-state index contributed by atoms with van der Waals surface area (Å²) in [6.45, 7) is 0.462. The fourth-order valence-corrected chi connectivity index (χ4v) is 5.53. The third-order valence-electron chi connectivity index (χ3n) is 4.92. The molecule has 31 heavy (non-hydrogen) atoms. The van der Waals surface area contributed by atoms with Crippen molar-refractivity contribution in [2.45, 2.75) is 37.9 Å². The number of nitrogens with one attached hydrogen (secondary N) is 2. The van der Waals surface area contributed by atoms with Crippen LogP contribution in [0.1, 0.15) is 35.5 Å². The van der Waals surface area contributed by atoms with Crippen LogP contribution >= 0.6 is 23.1 Å². The van der Waals surface area contributed by atoms with Crippen molar-refractivity contribution < 1.29 is 9.53 Å². The molecule has 0 atom stereocenters. The Hall–Kier alpha value is -2.83. The second kappa shape index (κ2) is 9.98. The molecular formula is C22H22N4O3S2. The minimum atomic E-state index is -0.134. The highest BCUT2D eigenvalue weighted by Crippen LogP contribution is 2.34. The fourth-order valence-electron chi connectivity index (χ4n) is 3.56. The highest BCUT2D eigenvalue weighted by molar-refractivity contribution is 7.99. The van der Waals surface area contributed by atoms with Crippen molar-refractivity contribution in [1.29, 1.82) is 5.26 Å². The van der Waals surface area contributed by atoms with E-state index in [-0.39, 0.29) is 17.2 Å². The van der Waals surface area contributed by atoms with Gasteiger partial charge < -0.3 is 15.0 Å². The Balaban J connectivity index is 1.29. The van der Waals surface area contributed by atoms with Crippen molar-refractivity contribution in [3.05, 3.63) is 50.9 Å². The third-order valence-corrected chi connectivity index (χ3v) is 7.05. The van der Waals surface area contributed by atoms with Gasteiger partial charge in [0.2, 0.25) is 5.91 Å². The quantitative estimate of drug-likeness (QED) is 0.473. The van der Waals surface area contributed by atoms with Gasteiger partial charge in [-0.05, 0) is 43.4 Å². The van der Waals surface area contributed by atoms with E-state index in [4.69, 9.17) is 10.00 Å². The van der Waals surface area contributed by atoms with Crippen LogP contribution in [0.2, 0.25) is 0 Å². The summed E-state index contributed by atoms with van der Waals surface area (Å²) < 4.78 is 5.59. The number of carbonyl (C=O) groups excluding carboxylic acids is 1. The predicted octanol–water partition coefficient (Wildman–Crippen LogP) is 4.03. The number of H-pyrrole nitrogens is 1. The molecule has 0 spiro atoms. The second-order valence-corrected chi connectivity index (χ2v) is 9.30. The maximum atomic E-state index is 12.5. The van der Waals surface area contributed by atoms with E-state index < -0.39 is 0 Å². The molecular weight excluding hydrogens is 432 g/mol. The van der Waals surface area contributed by atoms with E-state index in [1.807, 2.05) is 12.1 Å². The van der Waals surface area contributed by atoms with Crippen LogP contribution in [0.25, 0.3) is 10.2 Å². The first kappa shape index (κ1) is 21.4. The number of aromatic nitrogens is 2. The molecule has 2 aromatic heterocycles. The molecule has 0 unspecified atom stereocenters. The Morgan fingerprint density at radius 2 is 2.29 bits per heavy atom. The number of thiophene rings is 1. The van der Waals surface area contributed by atoms with Crippen molar-refractivity contribution in [2.24, 2.45) is 0 Å². The number of fused-ring (bicyclic) bond motifs is 3. The summed E-state index contributed by atoms with van der Waals surface area (Å²) >= 11 is 3.02. The molecule has 0 saturated carbocycles. The number of nitrogens with zero attached hydrogens (tertiary/aromatic N) is 2. The van der Waals surface area contributed by atoms with Crippen LogP contribution in [-0.2, 0) is 23.4 Å². The van der Waals surface area contributed by atoms with E-state index in [0.29, 0.717) is 42.5 Å². The standard InChI is InChI=1S/C22H22N4O3S2/c23-9-1-2-10-29-15-6-3-5-14(11-15)24-19(27)13-30-12-18-25-21(28)20-16-7-4-8-17(16)31-22(20)26-18/h3,5-6,11H,1-2,4,7-8,10,12-13H2,(H,24,27)(H,25,26,28). The van der Waals surface area contributed by atoms with Crippen molar-refractivity contribution in [1.82, 2.24) is 9.97 Å². The number of anilines is 1. The van der Waals surface area contributed by atoms with E-state index >= 15 is 0 Å². The monoisotopic (exact) mass is 454 g/mol. The van der Waals surface area contributed by atoms with Crippen LogP contribution in [0.15, 0.2) is 29.1 Å². The molecule has 7 nitrogen and oxygen atoms in total. The number of ether oxygens (including phenoxy) is 1. The summed E-state index contributed by atoms with van der Waals surface area (Å²) in [4.78, 5) is 34.4. The van der Waals surface area contributed by atoms with Gasteiger partial charge in [0.25, 0.3) is 5.56 Å². The lowest BCUT2D eigenvalue weighted by Gasteiger charge is -2.09. The Morgan fingerprint density at radius 3 is 3.16 bits per heavy atom. The van der Waals surface area contributed by atoms with Gasteiger partial charge in [0.1, 0.15) is 16.4 Å². The van der Waals surface area contributed by atoms with Gasteiger partial charge in [-0.2, -0.15) is 5.26 Å². The molecule has 160 valence electrons. The van der Waals surface area contributed by atoms with Gasteiger partial charge >= 0.3 is 0 Å². The number of thioether (sulfide) groups is 1. The summed E-state index contributed by atoms with van der Waals surface area (Å²) in [5, 5.41) is 12.2. The zero-order valence-electron chi connectivity index (χ0n) is 16.9. The molecule has 0 bridgehead atoms. The summed E-state index contributed by atoms with van der Waals surface area (Å²) in [6, 6.07) is 9.27. The Bertz CT molecular complexity index is 1200. The Labute approximate surface area is 187 Å². The molecule has 0 saturated heterocycles. The molecule has 1 aromatic carbocycles. The van der Waals surface area contributed by atoms with Crippen LogP contribution in [0.5, 0.6) is 5.75 Å². The molecule has 1 aliphatic rings. The molecule has 2 N–H and O–H groups in total. The molecule has 1 aliphatic carbocycles. The lowest BCUT2D eigenvalue weighted by molar-refractivity contribution is -0.113. The zero-order valence-corrected chi connectivity index (χ0v) is 18.5. The number of nitriles is 1. The van der Waals surface area contributed by atoms with Crippen LogP contribution < -0.4 is 15.6 Å². The van der Waals surface area contributed by atoms with Crippen LogP contribution in [0.3, 0.4) is 0 Å². The molecule has 0 radical (unpaired) electrons. The first-order valence-corrected chi connectivity index (χ1v) is 12.1. The number of aromatic amines is 1. The summed E-state index contributed by atoms with van der Waals surface area (Å²) in [5.74, 6) is 1.83. The predicted molar refractivity (Wildman–Crippen MR) is 124 cm³/mol. The molecule has 9 heteroatoms. The van der Waals surface area contributed by atoms with Gasteiger partial charge in [0.15, 0.2) is 0 Å². The first-order valence-electron chi connectivity index (χ1n) is 10.1. The summed E-state index contributed by atoms with van der Waals surface area (Å²) in [6.07, 6.45) is 4.22. The maximum absolute atomic E-state index is 12.5. The minimum absolute atomic E-state index is 0.0731.